The Morgan fingerprint density at radius 2 is 2.00 bits per heavy atom. The maximum atomic E-state index is 12.2. The summed E-state index contributed by atoms with van der Waals surface area (Å²) in [5.74, 6) is 0.862. The summed E-state index contributed by atoms with van der Waals surface area (Å²) < 4.78 is 0. The summed E-state index contributed by atoms with van der Waals surface area (Å²) in [7, 11) is 1.90. The van der Waals surface area contributed by atoms with Crippen molar-refractivity contribution in [3.05, 3.63) is 30.6 Å². The highest BCUT2D eigenvalue weighted by Gasteiger charge is 2.17. The smallest absolute Gasteiger partial charge is 0.239 e. The van der Waals surface area contributed by atoms with E-state index >= 15 is 0 Å². The van der Waals surface area contributed by atoms with E-state index in [-0.39, 0.29) is 5.91 Å². The maximum Gasteiger partial charge on any atom is 0.239 e. The number of hydrogen-bond donors (Lipinski definition) is 1. The summed E-state index contributed by atoms with van der Waals surface area (Å²) >= 11 is 0. The number of anilines is 1. The van der Waals surface area contributed by atoms with Crippen LogP contribution in [0.3, 0.4) is 0 Å². The quantitative estimate of drug-likeness (QED) is 0.942. The topological polar surface area (TPSA) is 58.1 Å². The van der Waals surface area contributed by atoms with Gasteiger partial charge in [-0.25, -0.2) is 9.97 Å². The van der Waals surface area contributed by atoms with E-state index in [2.05, 4.69) is 15.3 Å². The molecule has 3 rings (SSSR count). The Balaban J connectivity index is 1.67. The van der Waals surface area contributed by atoms with Gasteiger partial charge in [0, 0.05) is 18.5 Å². The highest BCUT2D eigenvalue weighted by Crippen LogP contribution is 2.21. The molecule has 1 aliphatic carbocycles. The van der Waals surface area contributed by atoms with Gasteiger partial charge in [-0.15, -0.1) is 0 Å². The number of likely N-dealkylation sites (N-methyl/N-ethyl adjacent to an activating group) is 1. The van der Waals surface area contributed by atoms with Crippen molar-refractivity contribution < 1.29 is 4.79 Å². The number of carbonyl (C=O) groups is 1. The summed E-state index contributed by atoms with van der Waals surface area (Å²) in [5, 5.41) is 4.11. The number of rotatable bonds is 4. The first-order valence-corrected chi connectivity index (χ1v) is 7.94. The van der Waals surface area contributed by atoms with E-state index in [1.807, 2.05) is 36.2 Å². The van der Waals surface area contributed by atoms with E-state index in [4.69, 9.17) is 0 Å². The Morgan fingerprint density at radius 1 is 1.23 bits per heavy atom. The van der Waals surface area contributed by atoms with Crippen molar-refractivity contribution in [2.24, 2.45) is 0 Å². The molecule has 5 heteroatoms. The Hall–Kier alpha value is -2.17. The minimum absolute atomic E-state index is 0.0668. The first-order chi connectivity index (χ1) is 10.7. The average Bonchev–Trinajstić information content (AvgIpc) is 2.55. The second-order valence-corrected chi connectivity index (χ2v) is 5.97. The standard InChI is InChI=1S/C17H22N4O/c1-21(11-16(22)20-13-7-3-2-4-8-13)17-14-9-5-6-10-15(14)18-12-19-17/h5-6,9-10,12-13H,2-4,7-8,11H2,1H3,(H,20,22). The van der Waals surface area contributed by atoms with Gasteiger partial charge in [-0.05, 0) is 25.0 Å². The molecule has 1 fully saturated rings. The Labute approximate surface area is 130 Å². The molecular formula is C17H22N4O. The molecule has 1 aromatic heterocycles. The van der Waals surface area contributed by atoms with Gasteiger partial charge in [-0.3, -0.25) is 4.79 Å². The number of fused-ring (bicyclic) bond motifs is 1. The van der Waals surface area contributed by atoms with Crippen LogP contribution in [0.1, 0.15) is 32.1 Å². The molecule has 5 nitrogen and oxygen atoms in total. The second-order valence-electron chi connectivity index (χ2n) is 5.97. The minimum atomic E-state index is 0.0668. The van der Waals surface area contributed by atoms with Crippen molar-refractivity contribution in [1.82, 2.24) is 15.3 Å². The molecule has 1 saturated carbocycles. The van der Waals surface area contributed by atoms with E-state index in [1.54, 1.807) is 6.33 Å². The number of aromatic nitrogens is 2. The molecule has 0 radical (unpaired) electrons. The van der Waals surface area contributed by atoms with Gasteiger partial charge in [-0.2, -0.15) is 0 Å². The van der Waals surface area contributed by atoms with Crippen molar-refractivity contribution in [3.63, 3.8) is 0 Å². The molecule has 22 heavy (non-hydrogen) atoms. The van der Waals surface area contributed by atoms with Gasteiger partial charge in [0.05, 0.1) is 12.1 Å². The molecule has 0 saturated heterocycles. The van der Waals surface area contributed by atoms with Crippen LogP contribution in [0.15, 0.2) is 30.6 Å². The molecule has 1 N–H and O–H groups in total. The third kappa shape index (κ3) is 3.35. The van der Waals surface area contributed by atoms with Gasteiger partial charge in [0.25, 0.3) is 0 Å². The molecular weight excluding hydrogens is 276 g/mol. The zero-order chi connectivity index (χ0) is 15.4. The van der Waals surface area contributed by atoms with Gasteiger partial charge in [0.2, 0.25) is 5.91 Å². The van der Waals surface area contributed by atoms with Crippen molar-refractivity contribution in [2.75, 3.05) is 18.5 Å². The lowest BCUT2D eigenvalue weighted by Crippen LogP contribution is -2.42. The molecule has 0 unspecified atom stereocenters. The first-order valence-electron chi connectivity index (χ1n) is 7.94. The van der Waals surface area contributed by atoms with Crippen LogP contribution in [0.4, 0.5) is 5.82 Å². The Morgan fingerprint density at radius 3 is 2.82 bits per heavy atom. The van der Waals surface area contributed by atoms with E-state index in [9.17, 15) is 4.79 Å². The monoisotopic (exact) mass is 298 g/mol. The fourth-order valence-electron chi connectivity index (χ4n) is 3.11. The molecule has 1 aliphatic rings. The lowest BCUT2D eigenvalue weighted by Gasteiger charge is -2.25. The first kappa shape index (κ1) is 14.8. The fraction of sp³-hybridized carbons (Fsp3) is 0.471. The second kappa shape index (κ2) is 6.73. The SMILES string of the molecule is CN(CC(=O)NC1CCCCC1)c1ncnc2ccccc12. The summed E-state index contributed by atoms with van der Waals surface area (Å²) in [4.78, 5) is 22.7. The average molecular weight is 298 g/mol. The van der Waals surface area contributed by atoms with Crippen molar-refractivity contribution in [1.29, 1.82) is 0 Å². The molecule has 0 spiro atoms. The largest absolute Gasteiger partial charge is 0.352 e. The molecule has 116 valence electrons. The summed E-state index contributed by atoms with van der Waals surface area (Å²) in [6, 6.07) is 8.20. The van der Waals surface area contributed by atoms with Gasteiger partial charge >= 0.3 is 0 Å². The van der Waals surface area contributed by atoms with E-state index in [1.165, 1.54) is 19.3 Å². The molecule has 1 aromatic carbocycles. The van der Waals surface area contributed by atoms with Crippen molar-refractivity contribution in [3.8, 4) is 0 Å². The predicted octanol–water partition coefficient (Wildman–Crippen LogP) is 2.51. The van der Waals surface area contributed by atoms with Gasteiger partial charge < -0.3 is 10.2 Å². The van der Waals surface area contributed by atoms with E-state index < -0.39 is 0 Å². The van der Waals surface area contributed by atoms with Crippen molar-refractivity contribution >= 4 is 22.6 Å². The van der Waals surface area contributed by atoms with E-state index in [0.29, 0.717) is 12.6 Å². The Bertz CT molecular complexity index is 647. The highest BCUT2D eigenvalue weighted by atomic mass is 16.2. The number of para-hydroxylation sites is 1. The summed E-state index contributed by atoms with van der Waals surface area (Å²) in [6.07, 6.45) is 7.48. The third-order valence-electron chi connectivity index (χ3n) is 4.23. The van der Waals surface area contributed by atoms with Gasteiger partial charge in [0.1, 0.15) is 12.1 Å². The van der Waals surface area contributed by atoms with E-state index in [0.717, 1.165) is 29.6 Å². The number of benzene rings is 1. The lowest BCUT2D eigenvalue weighted by atomic mass is 9.95. The van der Waals surface area contributed by atoms with Gasteiger partial charge in [-0.1, -0.05) is 31.4 Å². The van der Waals surface area contributed by atoms with Crippen LogP contribution >= 0.6 is 0 Å². The van der Waals surface area contributed by atoms with Crippen LogP contribution in [0.2, 0.25) is 0 Å². The zero-order valence-electron chi connectivity index (χ0n) is 13.0. The van der Waals surface area contributed by atoms with Crippen LogP contribution in [0, 0.1) is 0 Å². The molecule has 1 heterocycles. The van der Waals surface area contributed by atoms with Crippen LogP contribution < -0.4 is 10.2 Å². The predicted molar refractivity (Wildman–Crippen MR) is 87.8 cm³/mol. The number of carbonyl (C=O) groups excluding carboxylic acids is 1. The van der Waals surface area contributed by atoms with Crippen molar-refractivity contribution in [2.45, 2.75) is 38.1 Å². The van der Waals surface area contributed by atoms with Crippen LogP contribution in [-0.4, -0.2) is 35.5 Å². The van der Waals surface area contributed by atoms with Gasteiger partial charge in [0.15, 0.2) is 0 Å². The summed E-state index contributed by atoms with van der Waals surface area (Å²) in [6.45, 7) is 0.317. The van der Waals surface area contributed by atoms with Crippen LogP contribution in [0.5, 0.6) is 0 Å². The fourth-order valence-corrected chi connectivity index (χ4v) is 3.11. The molecule has 0 atom stereocenters. The highest BCUT2D eigenvalue weighted by molar-refractivity contribution is 5.91. The number of nitrogens with zero attached hydrogens (tertiary/aromatic N) is 3. The molecule has 0 aliphatic heterocycles. The number of amides is 1. The maximum absolute atomic E-state index is 12.2. The lowest BCUT2D eigenvalue weighted by molar-refractivity contribution is -0.120. The number of nitrogens with one attached hydrogen (secondary N) is 1. The normalized spacial score (nSPS) is 15.7. The zero-order valence-corrected chi connectivity index (χ0v) is 13.0. The minimum Gasteiger partial charge on any atom is -0.352 e. The third-order valence-corrected chi connectivity index (χ3v) is 4.23. The molecule has 0 bridgehead atoms. The molecule has 1 amide bonds. The number of hydrogen-bond acceptors (Lipinski definition) is 4. The molecule has 2 aromatic rings. The Kier molecular flexibility index (Phi) is 4.51. The van der Waals surface area contributed by atoms with Crippen LogP contribution in [0.25, 0.3) is 10.9 Å². The summed E-state index contributed by atoms with van der Waals surface area (Å²) in [5.41, 5.74) is 0.895. The van der Waals surface area contributed by atoms with Crippen LogP contribution in [-0.2, 0) is 4.79 Å².